The van der Waals surface area contributed by atoms with Crippen LogP contribution in [0.2, 0.25) is 0 Å². The molecule has 0 radical (unpaired) electrons. The molecule has 0 aromatic rings. The first kappa shape index (κ1) is 10.4. The zero-order valence-corrected chi connectivity index (χ0v) is 9.11. The summed E-state index contributed by atoms with van der Waals surface area (Å²) in [7, 11) is 0. The number of rotatable bonds is 4. The Balaban J connectivity index is 1.81. The summed E-state index contributed by atoms with van der Waals surface area (Å²) in [6, 6.07) is 1.21. The fourth-order valence-electron chi connectivity index (χ4n) is 2.28. The van der Waals surface area contributed by atoms with Crippen LogP contribution < -0.4 is 5.73 Å². The number of ether oxygens (including phenoxy) is 1. The molecule has 3 nitrogen and oxygen atoms in total. The van der Waals surface area contributed by atoms with E-state index >= 15 is 0 Å². The molecule has 2 unspecified atom stereocenters. The summed E-state index contributed by atoms with van der Waals surface area (Å²) in [6.45, 7) is 6.27. The van der Waals surface area contributed by atoms with Crippen molar-refractivity contribution in [1.29, 1.82) is 0 Å². The van der Waals surface area contributed by atoms with Gasteiger partial charge in [0.25, 0.3) is 0 Å². The van der Waals surface area contributed by atoms with E-state index < -0.39 is 0 Å². The van der Waals surface area contributed by atoms with E-state index in [1.807, 2.05) is 0 Å². The lowest BCUT2D eigenvalue weighted by Crippen LogP contribution is -2.45. The van der Waals surface area contributed by atoms with Gasteiger partial charge in [-0.3, -0.25) is 0 Å². The van der Waals surface area contributed by atoms with Gasteiger partial charge >= 0.3 is 0 Å². The van der Waals surface area contributed by atoms with Crippen LogP contribution in [-0.2, 0) is 4.74 Å². The molecule has 2 N–H and O–H groups in total. The maximum atomic E-state index is 6.10. The quantitative estimate of drug-likeness (QED) is 0.727. The molecule has 0 aromatic carbocycles. The van der Waals surface area contributed by atoms with E-state index in [2.05, 4.69) is 11.8 Å². The lowest BCUT2D eigenvalue weighted by atomic mass is 9.96. The Morgan fingerprint density at radius 3 is 2.71 bits per heavy atom. The highest BCUT2D eigenvalue weighted by Gasteiger charge is 2.31. The summed E-state index contributed by atoms with van der Waals surface area (Å²) in [5.74, 6) is 0.560. The topological polar surface area (TPSA) is 38.5 Å². The van der Waals surface area contributed by atoms with Crippen LogP contribution in [0.3, 0.4) is 0 Å². The predicted octanol–water partition coefficient (Wildman–Crippen LogP) is 0.835. The highest BCUT2D eigenvalue weighted by atomic mass is 16.5. The lowest BCUT2D eigenvalue weighted by Gasteiger charge is -2.33. The van der Waals surface area contributed by atoms with Gasteiger partial charge in [-0.25, -0.2) is 0 Å². The lowest BCUT2D eigenvalue weighted by molar-refractivity contribution is 0.0256. The third kappa shape index (κ3) is 2.47. The van der Waals surface area contributed by atoms with Gasteiger partial charge in [0.1, 0.15) is 0 Å². The normalized spacial score (nSPS) is 33.6. The highest BCUT2D eigenvalue weighted by Crippen LogP contribution is 2.28. The minimum atomic E-state index is 0.358. The van der Waals surface area contributed by atoms with Crippen molar-refractivity contribution in [1.82, 2.24) is 4.90 Å². The van der Waals surface area contributed by atoms with Crippen molar-refractivity contribution in [3.8, 4) is 0 Å². The van der Waals surface area contributed by atoms with Crippen LogP contribution in [0.5, 0.6) is 0 Å². The Hall–Kier alpha value is -0.120. The van der Waals surface area contributed by atoms with Crippen LogP contribution in [0.4, 0.5) is 0 Å². The fraction of sp³-hybridized carbons (Fsp3) is 1.00. The van der Waals surface area contributed by atoms with Gasteiger partial charge in [0.15, 0.2) is 0 Å². The molecule has 14 heavy (non-hydrogen) atoms. The molecule has 1 saturated heterocycles. The smallest absolute Gasteiger partial charge is 0.0521 e. The number of nitrogens with two attached hydrogens (primary N) is 1. The molecule has 1 heterocycles. The first-order valence-electron chi connectivity index (χ1n) is 5.88. The van der Waals surface area contributed by atoms with E-state index in [0.29, 0.717) is 12.0 Å². The van der Waals surface area contributed by atoms with Crippen LogP contribution in [0, 0.1) is 5.92 Å². The van der Waals surface area contributed by atoms with E-state index in [1.165, 1.54) is 12.8 Å². The van der Waals surface area contributed by atoms with Gasteiger partial charge in [0, 0.05) is 31.2 Å². The maximum absolute atomic E-state index is 6.10. The van der Waals surface area contributed by atoms with Crippen LogP contribution in [0.25, 0.3) is 0 Å². The fourth-order valence-corrected chi connectivity index (χ4v) is 2.28. The van der Waals surface area contributed by atoms with Crippen molar-refractivity contribution in [2.75, 3.05) is 26.3 Å². The van der Waals surface area contributed by atoms with Crippen molar-refractivity contribution in [2.24, 2.45) is 11.7 Å². The average molecular weight is 198 g/mol. The van der Waals surface area contributed by atoms with Gasteiger partial charge in [-0.2, -0.15) is 0 Å². The molecule has 3 heteroatoms. The molecule has 0 bridgehead atoms. The van der Waals surface area contributed by atoms with Crippen molar-refractivity contribution in [3.05, 3.63) is 0 Å². The van der Waals surface area contributed by atoms with Crippen molar-refractivity contribution >= 4 is 0 Å². The van der Waals surface area contributed by atoms with Gasteiger partial charge < -0.3 is 15.4 Å². The third-order valence-corrected chi connectivity index (χ3v) is 3.47. The van der Waals surface area contributed by atoms with Crippen LogP contribution in [0.15, 0.2) is 0 Å². The summed E-state index contributed by atoms with van der Waals surface area (Å²) in [6.07, 6.45) is 3.81. The van der Waals surface area contributed by atoms with E-state index in [1.54, 1.807) is 0 Å². The SMILES string of the molecule is CCN(CC1COCCC1N)C1CC1. The third-order valence-electron chi connectivity index (χ3n) is 3.47. The monoisotopic (exact) mass is 198 g/mol. The van der Waals surface area contributed by atoms with Gasteiger partial charge in [0.05, 0.1) is 6.61 Å². The molecule has 1 aliphatic heterocycles. The minimum Gasteiger partial charge on any atom is -0.381 e. The van der Waals surface area contributed by atoms with Gasteiger partial charge in [-0.05, 0) is 25.8 Å². The molecule has 1 saturated carbocycles. The second kappa shape index (κ2) is 4.60. The van der Waals surface area contributed by atoms with Gasteiger partial charge in [-0.15, -0.1) is 0 Å². The van der Waals surface area contributed by atoms with E-state index in [-0.39, 0.29) is 0 Å². The minimum absolute atomic E-state index is 0.358. The van der Waals surface area contributed by atoms with Gasteiger partial charge in [0.2, 0.25) is 0 Å². The molecule has 2 rings (SSSR count). The number of nitrogens with zero attached hydrogens (tertiary/aromatic N) is 1. The van der Waals surface area contributed by atoms with Gasteiger partial charge in [-0.1, -0.05) is 6.92 Å². The summed E-state index contributed by atoms with van der Waals surface area (Å²) < 4.78 is 5.49. The molecule has 2 atom stereocenters. The molecule has 0 spiro atoms. The highest BCUT2D eigenvalue weighted by molar-refractivity contribution is 4.87. The molecule has 2 aliphatic rings. The van der Waals surface area contributed by atoms with Crippen LogP contribution in [0.1, 0.15) is 26.2 Å². The standard InChI is InChI=1S/C11H22N2O/c1-2-13(10-3-4-10)7-9-8-14-6-5-11(9)12/h9-11H,2-8,12H2,1H3. The molecule has 2 fully saturated rings. The van der Waals surface area contributed by atoms with E-state index in [4.69, 9.17) is 10.5 Å². The summed E-state index contributed by atoms with van der Waals surface area (Å²) >= 11 is 0. The molecule has 1 aliphatic carbocycles. The summed E-state index contributed by atoms with van der Waals surface area (Å²) in [5, 5.41) is 0. The Bertz CT molecular complexity index is 182. The maximum Gasteiger partial charge on any atom is 0.0521 e. The van der Waals surface area contributed by atoms with Crippen LogP contribution in [-0.4, -0.2) is 43.3 Å². The Morgan fingerprint density at radius 1 is 1.36 bits per heavy atom. The number of hydrogen-bond acceptors (Lipinski definition) is 3. The molecule has 82 valence electrons. The van der Waals surface area contributed by atoms with Crippen molar-refractivity contribution in [3.63, 3.8) is 0 Å². The largest absolute Gasteiger partial charge is 0.381 e. The second-order valence-corrected chi connectivity index (χ2v) is 4.61. The summed E-state index contributed by atoms with van der Waals surface area (Å²) in [4.78, 5) is 2.57. The summed E-state index contributed by atoms with van der Waals surface area (Å²) in [5.41, 5.74) is 6.10. The molecule has 0 aromatic heterocycles. The zero-order chi connectivity index (χ0) is 9.97. The first-order chi connectivity index (χ1) is 6.81. The van der Waals surface area contributed by atoms with Crippen molar-refractivity contribution in [2.45, 2.75) is 38.3 Å². The Morgan fingerprint density at radius 2 is 2.14 bits per heavy atom. The Kier molecular flexibility index (Phi) is 3.42. The van der Waals surface area contributed by atoms with E-state index in [9.17, 15) is 0 Å². The van der Waals surface area contributed by atoms with Crippen LogP contribution >= 0.6 is 0 Å². The first-order valence-corrected chi connectivity index (χ1v) is 5.88. The van der Waals surface area contributed by atoms with Crippen molar-refractivity contribution < 1.29 is 4.74 Å². The Labute approximate surface area is 86.6 Å². The average Bonchev–Trinajstić information content (AvgIpc) is 3.00. The molecular weight excluding hydrogens is 176 g/mol. The number of hydrogen-bond donors (Lipinski definition) is 1. The second-order valence-electron chi connectivity index (χ2n) is 4.61. The zero-order valence-electron chi connectivity index (χ0n) is 9.11. The molecular formula is C11H22N2O. The molecule has 0 amide bonds. The van der Waals surface area contributed by atoms with E-state index in [0.717, 1.165) is 38.8 Å². The predicted molar refractivity (Wildman–Crippen MR) is 57.2 cm³/mol.